The molecule has 4 rings (SSSR count). The zero-order valence-corrected chi connectivity index (χ0v) is 21.3. The molecule has 3 aliphatic carbocycles. The van der Waals surface area contributed by atoms with Gasteiger partial charge in [0.1, 0.15) is 0 Å². The summed E-state index contributed by atoms with van der Waals surface area (Å²) in [6, 6.07) is 0. The molecule has 1 saturated heterocycles. The minimum atomic E-state index is -1.62. The Morgan fingerprint density at radius 3 is 2.53 bits per heavy atom. The number of carbonyl (C=O) groups is 3. The molecular weight excluding hydrogens is 426 g/mol. The maximum atomic E-state index is 14.5. The van der Waals surface area contributed by atoms with Crippen LogP contribution >= 0.6 is 0 Å². The van der Waals surface area contributed by atoms with Crippen molar-refractivity contribution < 1.29 is 19.5 Å². The first kappa shape index (κ1) is 25.1. The molecule has 1 amide bonds. The lowest BCUT2D eigenvalue weighted by atomic mass is 9.42. The average molecular weight is 468 g/mol. The molecule has 5 heteroatoms. The van der Waals surface area contributed by atoms with Crippen LogP contribution in [-0.4, -0.2) is 35.2 Å². The van der Waals surface area contributed by atoms with E-state index in [1.165, 1.54) is 0 Å². The van der Waals surface area contributed by atoms with Crippen LogP contribution in [-0.2, 0) is 14.4 Å². The second-order valence-corrected chi connectivity index (χ2v) is 11.7. The normalized spacial score (nSPS) is 43.9. The smallest absolute Gasteiger partial charge is 0.242 e. The van der Waals surface area contributed by atoms with E-state index in [-0.39, 0.29) is 35.9 Å². The quantitative estimate of drug-likeness (QED) is 0.359. The molecule has 0 radical (unpaired) electrons. The number of aliphatic hydroxyl groups is 1. The number of Topliss-reactive ketones (excluding diaryl/α,β-unsaturated/α-hetero) is 2. The van der Waals surface area contributed by atoms with Gasteiger partial charge in [0.15, 0.2) is 17.0 Å². The molecule has 2 saturated carbocycles. The van der Waals surface area contributed by atoms with Crippen LogP contribution in [0.25, 0.3) is 0 Å². The van der Waals surface area contributed by atoms with Gasteiger partial charge in [0.05, 0.1) is 12.6 Å². The Kier molecular flexibility index (Phi) is 6.80. The lowest BCUT2D eigenvalue weighted by molar-refractivity contribution is -0.168. The van der Waals surface area contributed by atoms with Crippen molar-refractivity contribution >= 4 is 17.5 Å². The molecule has 5 nitrogen and oxygen atoms in total. The molecular formula is C29H41NO4. The zero-order chi connectivity index (χ0) is 24.8. The van der Waals surface area contributed by atoms with Crippen molar-refractivity contribution in [2.24, 2.45) is 52.3 Å². The van der Waals surface area contributed by atoms with Crippen LogP contribution in [0.1, 0.15) is 60.3 Å². The molecule has 10 atom stereocenters. The number of fused-ring (bicyclic) bond motifs is 3. The molecule has 4 aliphatic rings. The number of rotatable bonds is 5. The fraction of sp³-hybridized carbons (Fsp3) is 0.690. The number of carbonyl (C=O) groups excluding carboxylic acids is 3. The number of ketones is 2. The monoisotopic (exact) mass is 467 g/mol. The first-order valence-electron chi connectivity index (χ1n) is 13.2. The predicted octanol–water partition coefficient (Wildman–Crippen LogP) is 4.27. The minimum Gasteiger partial charge on any atom is -0.393 e. The molecule has 3 fully saturated rings. The summed E-state index contributed by atoms with van der Waals surface area (Å²) in [5.74, 6) is 0.153. The second-order valence-electron chi connectivity index (χ2n) is 11.7. The van der Waals surface area contributed by atoms with Gasteiger partial charge >= 0.3 is 0 Å². The van der Waals surface area contributed by atoms with Crippen molar-refractivity contribution in [2.45, 2.75) is 66.4 Å². The SMILES string of the molecule is CCC(O)C(C)/C=C/C=C/C1CC2C=CC3CC(C)CC(C)C3C2(C)C(=O)C12C(=O)CNC2=O. The van der Waals surface area contributed by atoms with Crippen molar-refractivity contribution in [2.75, 3.05) is 6.54 Å². The summed E-state index contributed by atoms with van der Waals surface area (Å²) < 4.78 is 0. The Balaban J connectivity index is 1.72. The number of hydrogen-bond acceptors (Lipinski definition) is 4. The molecule has 0 aromatic carbocycles. The summed E-state index contributed by atoms with van der Waals surface area (Å²) in [5.41, 5.74) is -2.33. The van der Waals surface area contributed by atoms with E-state index in [0.717, 1.165) is 12.8 Å². The van der Waals surface area contributed by atoms with E-state index in [1.807, 2.05) is 45.1 Å². The molecule has 0 bridgehead atoms. The average Bonchev–Trinajstić information content (AvgIpc) is 3.09. The van der Waals surface area contributed by atoms with Gasteiger partial charge in [0.25, 0.3) is 0 Å². The van der Waals surface area contributed by atoms with Crippen molar-refractivity contribution in [1.29, 1.82) is 0 Å². The lowest BCUT2D eigenvalue weighted by Crippen LogP contribution is -2.65. The van der Waals surface area contributed by atoms with Crippen LogP contribution < -0.4 is 5.32 Å². The second kappa shape index (κ2) is 9.22. The van der Waals surface area contributed by atoms with Gasteiger partial charge in [-0.1, -0.05) is 71.1 Å². The Morgan fingerprint density at radius 1 is 1.15 bits per heavy atom. The number of aliphatic hydroxyl groups excluding tert-OH is 1. The molecule has 34 heavy (non-hydrogen) atoms. The van der Waals surface area contributed by atoms with Gasteiger partial charge in [0, 0.05) is 17.3 Å². The van der Waals surface area contributed by atoms with E-state index in [9.17, 15) is 19.5 Å². The van der Waals surface area contributed by atoms with Crippen LogP contribution in [0.3, 0.4) is 0 Å². The number of allylic oxidation sites excluding steroid dienone is 5. The van der Waals surface area contributed by atoms with Gasteiger partial charge < -0.3 is 10.4 Å². The van der Waals surface area contributed by atoms with Crippen molar-refractivity contribution in [3.05, 3.63) is 36.5 Å². The standard InChI is InChI=1S/C29H41NO4/c1-6-23(31)18(3)9-7-8-10-22-15-21-12-11-20-14-17(2)13-19(4)25(20)28(21,5)26(33)29(22)24(32)16-30-27(29)34/h7-12,17-23,25,31H,6,13-16H2,1-5H3,(H,30,34)/b9-7+,10-8+. The Bertz CT molecular complexity index is 916. The maximum absolute atomic E-state index is 14.5. The number of hydrogen-bond donors (Lipinski definition) is 2. The first-order valence-corrected chi connectivity index (χ1v) is 13.2. The van der Waals surface area contributed by atoms with Gasteiger partial charge in [-0.15, -0.1) is 0 Å². The topological polar surface area (TPSA) is 83.5 Å². The molecule has 1 aliphatic heterocycles. The highest BCUT2D eigenvalue weighted by atomic mass is 16.3. The van der Waals surface area contributed by atoms with E-state index < -0.39 is 28.8 Å². The van der Waals surface area contributed by atoms with Crippen LogP contribution in [0, 0.1) is 52.3 Å². The highest BCUT2D eigenvalue weighted by Crippen LogP contribution is 2.62. The molecule has 1 heterocycles. The largest absolute Gasteiger partial charge is 0.393 e. The molecule has 1 spiro atoms. The van der Waals surface area contributed by atoms with E-state index in [2.05, 4.69) is 31.3 Å². The van der Waals surface area contributed by atoms with Crippen LogP contribution in [0.4, 0.5) is 0 Å². The summed E-state index contributed by atoms with van der Waals surface area (Å²) in [5, 5.41) is 12.7. The molecule has 2 N–H and O–H groups in total. The summed E-state index contributed by atoms with van der Waals surface area (Å²) in [6.07, 6.45) is 15.1. The fourth-order valence-corrected chi connectivity index (χ4v) is 7.89. The third-order valence-electron chi connectivity index (χ3n) is 9.59. The molecule has 186 valence electrons. The Morgan fingerprint density at radius 2 is 1.88 bits per heavy atom. The highest BCUT2D eigenvalue weighted by Gasteiger charge is 2.70. The fourth-order valence-electron chi connectivity index (χ4n) is 7.89. The minimum absolute atomic E-state index is 0.00434. The molecule has 10 unspecified atom stereocenters. The zero-order valence-electron chi connectivity index (χ0n) is 21.3. The molecule has 0 aromatic rings. The van der Waals surface area contributed by atoms with Gasteiger partial charge in [-0.25, -0.2) is 0 Å². The first-order chi connectivity index (χ1) is 16.1. The number of amides is 1. The van der Waals surface area contributed by atoms with Crippen LogP contribution in [0.5, 0.6) is 0 Å². The van der Waals surface area contributed by atoms with E-state index in [0.29, 0.717) is 30.6 Å². The highest BCUT2D eigenvalue weighted by molar-refractivity contribution is 6.30. The maximum Gasteiger partial charge on any atom is 0.242 e. The summed E-state index contributed by atoms with van der Waals surface area (Å²) in [7, 11) is 0. The predicted molar refractivity (Wildman–Crippen MR) is 133 cm³/mol. The Hall–Kier alpha value is -2.01. The molecule has 0 aromatic heterocycles. The van der Waals surface area contributed by atoms with E-state index >= 15 is 0 Å². The van der Waals surface area contributed by atoms with E-state index in [4.69, 9.17) is 0 Å². The summed E-state index contributed by atoms with van der Waals surface area (Å²) >= 11 is 0. The summed E-state index contributed by atoms with van der Waals surface area (Å²) in [6.45, 7) is 10.4. The van der Waals surface area contributed by atoms with Crippen LogP contribution in [0.2, 0.25) is 0 Å². The third kappa shape index (κ3) is 3.66. The van der Waals surface area contributed by atoms with Gasteiger partial charge in [-0.2, -0.15) is 0 Å². The third-order valence-corrected chi connectivity index (χ3v) is 9.59. The van der Waals surface area contributed by atoms with Crippen LogP contribution in [0.15, 0.2) is 36.5 Å². The lowest BCUT2D eigenvalue weighted by Gasteiger charge is -2.58. The Labute approximate surface area is 204 Å². The van der Waals surface area contributed by atoms with Crippen molar-refractivity contribution in [3.63, 3.8) is 0 Å². The van der Waals surface area contributed by atoms with Crippen molar-refractivity contribution in [1.82, 2.24) is 5.32 Å². The summed E-state index contributed by atoms with van der Waals surface area (Å²) in [4.78, 5) is 41.1. The van der Waals surface area contributed by atoms with Gasteiger partial charge in [-0.3, -0.25) is 14.4 Å². The van der Waals surface area contributed by atoms with Gasteiger partial charge in [-0.05, 0) is 55.3 Å². The number of nitrogens with one attached hydrogen (secondary N) is 1. The van der Waals surface area contributed by atoms with E-state index in [1.54, 1.807) is 0 Å². The van der Waals surface area contributed by atoms with Gasteiger partial charge in [0.2, 0.25) is 5.91 Å². The van der Waals surface area contributed by atoms with Crippen molar-refractivity contribution in [3.8, 4) is 0 Å².